The lowest BCUT2D eigenvalue weighted by molar-refractivity contribution is -0.136. The van der Waals surface area contributed by atoms with Crippen molar-refractivity contribution < 1.29 is 14.7 Å². The van der Waals surface area contributed by atoms with E-state index in [1.54, 1.807) is 30.3 Å². The second-order valence-electron chi connectivity index (χ2n) is 4.13. The van der Waals surface area contributed by atoms with Gasteiger partial charge in [-0.05, 0) is 46.3 Å². The van der Waals surface area contributed by atoms with E-state index in [2.05, 4.69) is 15.9 Å². The lowest BCUT2D eigenvalue weighted by atomic mass is 10.2. The second-order valence-corrected chi connectivity index (χ2v) is 6.62. The number of hydrogen-bond acceptors (Lipinski definition) is 3. The largest absolute Gasteiger partial charge is 0.480 e. The predicted octanol–water partition coefficient (Wildman–Crippen LogP) is 3.64. The standard InChI is InChI=1S/C15H12BrNO3S/c16-13-8-6-12(21-13)7-9-14(18)17(10-15(19)20)11-4-2-1-3-5-11/h1-9H,10H2,(H,19,20)/b9-7+. The van der Waals surface area contributed by atoms with Crippen LogP contribution in [0.3, 0.4) is 0 Å². The molecule has 0 fully saturated rings. The van der Waals surface area contributed by atoms with Crippen LogP contribution in [0.25, 0.3) is 6.08 Å². The smallest absolute Gasteiger partial charge is 0.323 e. The molecule has 0 aliphatic heterocycles. The number of rotatable bonds is 5. The van der Waals surface area contributed by atoms with Crippen molar-refractivity contribution in [2.24, 2.45) is 0 Å². The molecule has 1 aromatic carbocycles. The molecule has 0 saturated carbocycles. The Labute approximate surface area is 134 Å². The van der Waals surface area contributed by atoms with Gasteiger partial charge in [-0.15, -0.1) is 11.3 Å². The molecule has 2 aromatic rings. The SMILES string of the molecule is O=C(O)CN(C(=O)/C=C/c1ccc(Br)s1)c1ccccc1. The van der Waals surface area contributed by atoms with Crippen LogP contribution in [-0.4, -0.2) is 23.5 Å². The van der Waals surface area contributed by atoms with E-state index < -0.39 is 5.97 Å². The Balaban J connectivity index is 2.18. The molecule has 0 atom stereocenters. The number of aliphatic carboxylic acids is 1. The summed E-state index contributed by atoms with van der Waals surface area (Å²) in [6.07, 6.45) is 3.06. The number of nitrogens with zero attached hydrogens (tertiary/aromatic N) is 1. The van der Waals surface area contributed by atoms with Crippen LogP contribution < -0.4 is 4.90 Å². The lowest BCUT2D eigenvalue weighted by Gasteiger charge is -2.18. The van der Waals surface area contributed by atoms with Crippen molar-refractivity contribution >= 4 is 50.9 Å². The highest BCUT2D eigenvalue weighted by Gasteiger charge is 2.16. The summed E-state index contributed by atoms with van der Waals surface area (Å²) in [5.41, 5.74) is 0.557. The molecule has 2 rings (SSSR count). The van der Waals surface area contributed by atoms with Gasteiger partial charge in [0.1, 0.15) is 6.54 Å². The van der Waals surface area contributed by atoms with Crippen LogP contribution in [0.15, 0.2) is 52.3 Å². The maximum atomic E-state index is 12.2. The highest BCUT2D eigenvalue weighted by molar-refractivity contribution is 9.11. The molecule has 0 aliphatic rings. The molecule has 1 aromatic heterocycles. The number of benzene rings is 1. The highest BCUT2D eigenvalue weighted by Crippen LogP contribution is 2.23. The third-order valence-corrected chi connectivity index (χ3v) is 4.20. The monoisotopic (exact) mass is 365 g/mol. The molecule has 0 spiro atoms. The number of thiophene rings is 1. The van der Waals surface area contributed by atoms with Crippen LogP contribution in [0.2, 0.25) is 0 Å². The molecular formula is C15H12BrNO3S. The number of carboxylic acids is 1. The zero-order valence-electron chi connectivity index (χ0n) is 10.9. The highest BCUT2D eigenvalue weighted by atomic mass is 79.9. The summed E-state index contributed by atoms with van der Waals surface area (Å²) in [5, 5.41) is 8.96. The number of carboxylic acid groups (broad SMARTS) is 1. The van der Waals surface area contributed by atoms with Gasteiger partial charge in [-0.2, -0.15) is 0 Å². The first-order valence-electron chi connectivity index (χ1n) is 6.08. The number of anilines is 1. The van der Waals surface area contributed by atoms with Crippen LogP contribution in [0.4, 0.5) is 5.69 Å². The molecule has 0 radical (unpaired) electrons. The normalized spacial score (nSPS) is 10.7. The Hall–Kier alpha value is -1.92. The molecule has 108 valence electrons. The number of para-hydroxylation sites is 1. The van der Waals surface area contributed by atoms with Crippen molar-refractivity contribution in [3.8, 4) is 0 Å². The summed E-state index contributed by atoms with van der Waals surface area (Å²) < 4.78 is 0.972. The van der Waals surface area contributed by atoms with Crippen LogP contribution >= 0.6 is 27.3 Å². The fourth-order valence-electron chi connectivity index (χ4n) is 1.70. The Morgan fingerprint density at radius 3 is 2.48 bits per heavy atom. The van der Waals surface area contributed by atoms with Gasteiger partial charge >= 0.3 is 5.97 Å². The zero-order chi connectivity index (χ0) is 15.2. The Morgan fingerprint density at radius 2 is 1.90 bits per heavy atom. The molecule has 0 aliphatic carbocycles. The minimum absolute atomic E-state index is 0.367. The molecule has 21 heavy (non-hydrogen) atoms. The maximum Gasteiger partial charge on any atom is 0.323 e. The fourth-order valence-corrected chi connectivity index (χ4v) is 3.03. The maximum absolute atomic E-state index is 12.2. The summed E-state index contributed by atoms with van der Waals surface area (Å²) in [4.78, 5) is 25.3. The molecular weight excluding hydrogens is 354 g/mol. The van der Waals surface area contributed by atoms with Crippen LogP contribution in [-0.2, 0) is 9.59 Å². The number of hydrogen-bond donors (Lipinski definition) is 1. The van der Waals surface area contributed by atoms with Gasteiger partial charge in [0.2, 0.25) is 0 Å². The van der Waals surface area contributed by atoms with E-state index in [-0.39, 0.29) is 12.5 Å². The van der Waals surface area contributed by atoms with Gasteiger partial charge in [-0.1, -0.05) is 18.2 Å². The van der Waals surface area contributed by atoms with Gasteiger partial charge in [0.05, 0.1) is 3.79 Å². The first-order valence-corrected chi connectivity index (χ1v) is 7.69. The number of carbonyl (C=O) groups excluding carboxylic acids is 1. The van der Waals surface area contributed by atoms with E-state index in [0.29, 0.717) is 5.69 Å². The quantitative estimate of drug-likeness (QED) is 0.822. The van der Waals surface area contributed by atoms with Gasteiger partial charge in [0.15, 0.2) is 0 Å². The van der Waals surface area contributed by atoms with E-state index in [9.17, 15) is 9.59 Å². The van der Waals surface area contributed by atoms with E-state index in [4.69, 9.17) is 5.11 Å². The molecule has 0 saturated heterocycles. The molecule has 1 N–H and O–H groups in total. The lowest BCUT2D eigenvalue weighted by Crippen LogP contribution is -2.34. The Kier molecular flexibility index (Phi) is 5.30. The van der Waals surface area contributed by atoms with Crippen molar-refractivity contribution in [2.75, 3.05) is 11.4 Å². The van der Waals surface area contributed by atoms with Crippen LogP contribution in [0, 0.1) is 0 Å². The topological polar surface area (TPSA) is 57.6 Å². The third-order valence-electron chi connectivity index (χ3n) is 2.61. The van der Waals surface area contributed by atoms with Gasteiger partial charge in [-0.25, -0.2) is 0 Å². The number of carbonyl (C=O) groups is 2. The summed E-state index contributed by atoms with van der Waals surface area (Å²) >= 11 is 4.84. The van der Waals surface area contributed by atoms with E-state index in [1.165, 1.54) is 22.3 Å². The average Bonchev–Trinajstić information content (AvgIpc) is 2.88. The van der Waals surface area contributed by atoms with Crippen molar-refractivity contribution in [1.29, 1.82) is 0 Å². The van der Waals surface area contributed by atoms with Crippen LogP contribution in [0.5, 0.6) is 0 Å². The Bertz CT molecular complexity index is 667. The molecule has 0 unspecified atom stereocenters. The van der Waals surface area contributed by atoms with Gasteiger partial charge < -0.3 is 5.11 Å². The number of amides is 1. The fraction of sp³-hybridized carbons (Fsp3) is 0.0667. The minimum Gasteiger partial charge on any atom is -0.480 e. The summed E-state index contributed by atoms with van der Waals surface area (Å²) in [5.74, 6) is -1.42. The van der Waals surface area contributed by atoms with E-state index in [0.717, 1.165) is 8.66 Å². The van der Waals surface area contributed by atoms with Crippen molar-refractivity contribution in [1.82, 2.24) is 0 Å². The van der Waals surface area contributed by atoms with Crippen molar-refractivity contribution in [3.05, 3.63) is 57.2 Å². The van der Waals surface area contributed by atoms with Crippen molar-refractivity contribution in [2.45, 2.75) is 0 Å². The second kappa shape index (κ2) is 7.19. The first kappa shape index (κ1) is 15.5. The van der Waals surface area contributed by atoms with Gasteiger partial charge in [-0.3, -0.25) is 14.5 Å². The van der Waals surface area contributed by atoms with Crippen LogP contribution in [0.1, 0.15) is 4.88 Å². The summed E-state index contributed by atoms with van der Waals surface area (Å²) in [6, 6.07) is 12.5. The third kappa shape index (κ3) is 4.54. The predicted molar refractivity (Wildman–Crippen MR) is 87.5 cm³/mol. The molecule has 6 heteroatoms. The molecule has 1 amide bonds. The molecule has 4 nitrogen and oxygen atoms in total. The van der Waals surface area contributed by atoms with E-state index in [1.807, 2.05) is 18.2 Å². The molecule has 1 heterocycles. The summed E-state index contributed by atoms with van der Waals surface area (Å²) in [7, 11) is 0. The zero-order valence-corrected chi connectivity index (χ0v) is 13.3. The van der Waals surface area contributed by atoms with E-state index >= 15 is 0 Å². The molecule has 0 bridgehead atoms. The Morgan fingerprint density at radius 1 is 1.19 bits per heavy atom. The van der Waals surface area contributed by atoms with Gasteiger partial charge in [0.25, 0.3) is 5.91 Å². The number of halogens is 1. The first-order chi connectivity index (χ1) is 10.1. The van der Waals surface area contributed by atoms with Crippen molar-refractivity contribution in [3.63, 3.8) is 0 Å². The summed E-state index contributed by atoms with van der Waals surface area (Å²) in [6.45, 7) is -0.374. The van der Waals surface area contributed by atoms with Gasteiger partial charge in [0, 0.05) is 16.6 Å². The minimum atomic E-state index is -1.06. The average molecular weight is 366 g/mol.